The molecule has 0 spiro atoms. The van der Waals surface area contributed by atoms with E-state index in [9.17, 15) is 19.7 Å². The Morgan fingerprint density at radius 3 is 2.62 bits per heavy atom. The number of thioether (sulfide) groups is 1. The number of rotatable bonds is 10. The Morgan fingerprint density at radius 2 is 1.97 bits per heavy atom. The van der Waals surface area contributed by atoms with Gasteiger partial charge in [-0.3, -0.25) is 19.7 Å². The molecule has 0 aliphatic heterocycles. The molecule has 0 unspecified atom stereocenters. The predicted octanol–water partition coefficient (Wildman–Crippen LogP) is 3.90. The first-order valence-corrected chi connectivity index (χ1v) is 11.4. The molecule has 0 aliphatic carbocycles. The van der Waals surface area contributed by atoms with Crippen LogP contribution in [0.25, 0.3) is 0 Å². The summed E-state index contributed by atoms with van der Waals surface area (Å²) in [6.45, 7) is 7.66. The number of nitrogens with one attached hydrogen (secondary N) is 2. The molecule has 2 amide bonds. The number of nitrogens with zero attached hydrogens (tertiary/aromatic N) is 4. The van der Waals surface area contributed by atoms with E-state index in [1.165, 1.54) is 30.0 Å². The third-order valence-corrected chi connectivity index (χ3v) is 5.82. The van der Waals surface area contributed by atoms with E-state index in [4.69, 9.17) is 0 Å². The van der Waals surface area contributed by atoms with Gasteiger partial charge in [0, 0.05) is 29.9 Å². The smallest absolute Gasteiger partial charge is 0.269 e. The van der Waals surface area contributed by atoms with Crippen LogP contribution in [-0.4, -0.2) is 37.3 Å². The van der Waals surface area contributed by atoms with Crippen molar-refractivity contribution in [3.63, 3.8) is 0 Å². The first kappa shape index (κ1) is 24.6. The number of aromatic nitrogens is 3. The van der Waals surface area contributed by atoms with Crippen LogP contribution in [0.2, 0.25) is 0 Å². The number of carbonyl (C=O) groups excluding carboxylic acids is 2. The van der Waals surface area contributed by atoms with E-state index < -0.39 is 11.0 Å². The van der Waals surface area contributed by atoms with Crippen LogP contribution < -0.4 is 10.6 Å². The van der Waals surface area contributed by atoms with E-state index in [0.717, 1.165) is 0 Å². The fourth-order valence-electron chi connectivity index (χ4n) is 3.18. The van der Waals surface area contributed by atoms with Crippen LogP contribution in [0.15, 0.2) is 66.3 Å². The number of anilines is 1. The molecule has 0 radical (unpaired) electrons. The van der Waals surface area contributed by atoms with Crippen LogP contribution in [0.1, 0.15) is 34.7 Å². The summed E-state index contributed by atoms with van der Waals surface area (Å²) in [5.41, 5.74) is 1.59. The number of allylic oxidation sites excluding steroid dienone is 1. The van der Waals surface area contributed by atoms with Gasteiger partial charge in [0.05, 0.1) is 16.7 Å². The molecule has 1 aromatic heterocycles. The Hall–Kier alpha value is -3.99. The summed E-state index contributed by atoms with van der Waals surface area (Å²) >= 11 is 1.19. The van der Waals surface area contributed by atoms with E-state index in [0.29, 0.717) is 34.3 Å². The summed E-state index contributed by atoms with van der Waals surface area (Å²) in [5, 5.41) is 25.5. The normalized spacial score (nSPS) is 11.5. The average molecular weight is 481 g/mol. The van der Waals surface area contributed by atoms with E-state index >= 15 is 0 Å². The molecule has 3 aromatic rings. The topological polar surface area (TPSA) is 132 Å². The van der Waals surface area contributed by atoms with Gasteiger partial charge in [0.1, 0.15) is 0 Å². The van der Waals surface area contributed by atoms with Crippen molar-refractivity contribution in [2.75, 3.05) is 11.1 Å². The van der Waals surface area contributed by atoms with Crippen molar-refractivity contribution < 1.29 is 14.5 Å². The maximum atomic E-state index is 12.5. The first-order valence-electron chi connectivity index (χ1n) is 10.4. The standard InChI is InChI=1S/C23H24N6O4S/c1-4-12-28-21(16(3)24-22(31)17-8-6-5-7-9-17)26-27-23(28)34-14-20(30)25-19-11-10-18(29(32)33)13-15(19)2/h4-11,13,16H,1,12,14H2,2-3H3,(H,24,31)(H,25,30)/t16-/m0/s1. The number of non-ortho nitro benzene ring substituents is 1. The van der Waals surface area contributed by atoms with Gasteiger partial charge < -0.3 is 15.2 Å². The van der Waals surface area contributed by atoms with Crippen LogP contribution in [0.4, 0.5) is 11.4 Å². The molecule has 1 heterocycles. The molecule has 2 aromatic carbocycles. The lowest BCUT2D eigenvalue weighted by Crippen LogP contribution is -2.28. The van der Waals surface area contributed by atoms with E-state index in [-0.39, 0.29) is 23.3 Å². The van der Waals surface area contributed by atoms with E-state index in [1.54, 1.807) is 41.8 Å². The molecule has 10 nitrogen and oxygen atoms in total. The summed E-state index contributed by atoms with van der Waals surface area (Å²) < 4.78 is 1.79. The number of hydrogen-bond donors (Lipinski definition) is 2. The Balaban J connectivity index is 1.66. The summed E-state index contributed by atoms with van der Waals surface area (Å²) in [4.78, 5) is 35.4. The van der Waals surface area contributed by atoms with Gasteiger partial charge in [0.15, 0.2) is 11.0 Å². The zero-order chi connectivity index (χ0) is 24.7. The van der Waals surface area contributed by atoms with Crippen LogP contribution in [0, 0.1) is 17.0 Å². The monoisotopic (exact) mass is 480 g/mol. The quantitative estimate of drug-likeness (QED) is 0.195. The van der Waals surface area contributed by atoms with Gasteiger partial charge in [-0.1, -0.05) is 36.0 Å². The molecule has 0 saturated heterocycles. The zero-order valence-electron chi connectivity index (χ0n) is 18.7. The second kappa shape index (κ2) is 11.2. The molecule has 2 N–H and O–H groups in total. The zero-order valence-corrected chi connectivity index (χ0v) is 19.5. The average Bonchev–Trinajstić information content (AvgIpc) is 3.22. The predicted molar refractivity (Wildman–Crippen MR) is 130 cm³/mol. The maximum absolute atomic E-state index is 12.5. The van der Waals surface area contributed by atoms with Gasteiger partial charge >= 0.3 is 0 Å². The Labute approximate surface area is 200 Å². The lowest BCUT2D eigenvalue weighted by atomic mass is 10.2. The highest BCUT2D eigenvalue weighted by atomic mass is 32.2. The molecular formula is C23H24N6O4S. The second-order valence-corrected chi connectivity index (χ2v) is 8.34. The molecular weight excluding hydrogens is 456 g/mol. The number of carbonyl (C=O) groups is 2. The highest BCUT2D eigenvalue weighted by molar-refractivity contribution is 7.99. The molecule has 34 heavy (non-hydrogen) atoms. The summed E-state index contributed by atoms with van der Waals surface area (Å²) in [5.74, 6) is 0.0740. The van der Waals surface area contributed by atoms with Gasteiger partial charge in [0.2, 0.25) is 5.91 Å². The molecule has 0 bridgehead atoms. The number of amides is 2. The highest BCUT2D eigenvalue weighted by Gasteiger charge is 2.20. The molecule has 0 fully saturated rings. The van der Waals surface area contributed by atoms with Crippen molar-refractivity contribution in [2.24, 2.45) is 0 Å². The van der Waals surface area contributed by atoms with Crippen molar-refractivity contribution >= 4 is 35.0 Å². The molecule has 176 valence electrons. The molecule has 11 heteroatoms. The second-order valence-electron chi connectivity index (χ2n) is 7.39. The van der Waals surface area contributed by atoms with Gasteiger partial charge in [-0.2, -0.15) is 0 Å². The summed E-state index contributed by atoms with van der Waals surface area (Å²) in [6, 6.07) is 12.7. The van der Waals surface area contributed by atoms with Crippen LogP contribution in [-0.2, 0) is 11.3 Å². The van der Waals surface area contributed by atoms with Gasteiger partial charge in [-0.25, -0.2) is 0 Å². The number of aryl methyl sites for hydroxylation is 1. The van der Waals surface area contributed by atoms with Crippen LogP contribution in [0.5, 0.6) is 0 Å². The third kappa shape index (κ3) is 6.07. The van der Waals surface area contributed by atoms with Gasteiger partial charge in [0.25, 0.3) is 11.6 Å². The minimum absolute atomic E-state index is 0.0385. The van der Waals surface area contributed by atoms with Crippen molar-refractivity contribution in [3.05, 3.63) is 88.3 Å². The minimum atomic E-state index is -0.484. The van der Waals surface area contributed by atoms with Crippen molar-refractivity contribution in [2.45, 2.75) is 31.6 Å². The van der Waals surface area contributed by atoms with Crippen molar-refractivity contribution in [1.82, 2.24) is 20.1 Å². The fraction of sp³-hybridized carbons (Fsp3) is 0.217. The largest absolute Gasteiger partial charge is 0.342 e. The van der Waals surface area contributed by atoms with Crippen molar-refractivity contribution in [1.29, 1.82) is 0 Å². The number of hydrogen-bond acceptors (Lipinski definition) is 7. The fourth-order valence-corrected chi connectivity index (χ4v) is 3.93. The van der Waals surface area contributed by atoms with E-state index in [1.807, 2.05) is 13.0 Å². The number of nitro groups is 1. The van der Waals surface area contributed by atoms with E-state index in [2.05, 4.69) is 27.4 Å². The Kier molecular flexibility index (Phi) is 8.14. The SMILES string of the molecule is C=CCn1c(SCC(=O)Nc2ccc([N+](=O)[O-])cc2C)nnc1[C@H](C)NC(=O)c1ccccc1. The minimum Gasteiger partial charge on any atom is -0.342 e. The lowest BCUT2D eigenvalue weighted by molar-refractivity contribution is -0.384. The highest BCUT2D eigenvalue weighted by Crippen LogP contribution is 2.24. The van der Waals surface area contributed by atoms with Crippen LogP contribution in [0.3, 0.4) is 0 Å². The van der Waals surface area contributed by atoms with Gasteiger partial charge in [-0.05, 0) is 37.6 Å². The summed E-state index contributed by atoms with van der Waals surface area (Å²) in [6.07, 6.45) is 1.68. The number of nitro benzene ring substituents is 1. The lowest BCUT2D eigenvalue weighted by Gasteiger charge is -2.15. The first-order chi connectivity index (χ1) is 16.3. The maximum Gasteiger partial charge on any atom is 0.269 e. The Morgan fingerprint density at radius 1 is 1.24 bits per heavy atom. The summed E-state index contributed by atoms with van der Waals surface area (Å²) in [7, 11) is 0. The van der Waals surface area contributed by atoms with Crippen LogP contribution >= 0.6 is 11.8 Å². The molecule has 0 aliphatic rings. The number of benzene rings is 2. The van der Waals surface area contributed by atoms with Gasteiger partial charge in [-0.15, -0.1) is 16.8 Å². The molecule has 3 rings (SSSR count). The molecule has 0 saturated carbocycles. The Bertz CT molecular complexity index is 1210. The third-order valence-electron chi connectivity index (χ3n) is 4.86. The molecule has 1 atom stereocenters. The van der Waals surface area contributed by atoms with Crippen molar-refractivity contribution in [3.8, 4) is 0 Å².